The van der Waals surface area contributed by atoms with Crippen LogP contribution in [0.3, 0.4) is 0 Å². The predicted molar refractivity (Wildman–Crippen MR) is 127 cm³/mol. The molecule has 0 saturated heterocycles. The van der Waals surface area contributed by atoms with E-state index in [1.165, 1.54) is 17.7 Å². The summed E-state index contributed by atoms with van der Waals surface area (Å²) in [4.78, 5) is 8.62. The molecule has 1 heterocycles. The lowest BCUT2D eigenvalue weighted by Gasteiger charge is -2.09. The quantitative estimate of drug-likeness (QED) is 0.249. The first-order valence-electron chi connectivity index (χ1n) is 11.1. The Balaban J connectivity index is 1.57. The van der Waals surface area contributed by atoms with E-state index < -0.39 is 29.2 Å². The average molecular weight is 498 g/mol. The maximum Gasteiger partial charge on any atom is 0.409 e. The van der Waals surface area contributed by atoms with Crippen molar-refractivity contribution < 1.29 is 26.3 Å². The molecule has 0 aliphatic rings. The molecule has 0 atom stereocenters. The summed E-state index contributed by atoms with van der Waals surface area (Å²) in [7, 11) is 0. The Kier molecular flexibility index (Phi) is 7.24. The van der Waals surface area contributed by atoms with Crippen molar-refractivity contribution in [3.05, 3.63) is 102 Å². The number of halogens is 6. The number of aryl methyl sites for hydroxylation is 1. The third-order valence-corrected chi connectivity index (χ3v) is 5.53. The van der Waals surface area contributed by atoms with E-state index in [9.17, 15) is 26.3 Å². The van der Waals surface area contributed by atoms with Crippen molar-refractivity contribution in [2.24, 2.45) is 0 Å². The maximum absolute atomic E-state index is 14.9. The van der Waals surface area contributed by atoms with Gasteiger partial charge in [-0.1, -0.05) is 49.7 Å². The molecule has 36 heavy (non-hydrogen) atoms. The van der Waals surface area contributed by atoms with Gasteiger partial charge in [0.2, 0.25) is 0 Å². The average Bonchev–Trinajstić information content (AvgIpc) is 2.83. The fraction of sp³-hybridized carbons (Fsp3) is 0.143. The molecule has 0 aliphatic carbocycles. The van der Waals surface area contributed by atoms with Crippen molar-refractivity contribution in [2.75, 3.05) is 0 Å². The first-order chi connectivity index (χ1) is 17.1. The standard InChI is InChI=1S/C28H20F6N2/c1-2-3-17-4-6-18(7-5-17)21-15-35-27(36-16-21)19-8-9-22(24(29)12-19)20-13-25(30)23(26(31)14-20)10-11-28(32,33)34/h4-16H,2-3H2,1H3/b11-10+. The van der Waals surface area contributed by atoms with Crippen molar-refractivity contribution in [3.8, 4) is 33.6 Å². The number of alkyl halides is 3. The van der Waals surface area contributed by atoms with E-state index in [4.69, 9.17) is 0 Å². The second kappa shape index (κ2) is 10.4. The number of nitrogens with zero attached hydrogens (tertiary/aromatic N) is 2. The topological polar surface area (TPSA) is 25.8 Å². The fourth-order valence-electron chi connectivity index (χ4n) is 3.74. The van der Waals surface area contributed by atoms with Crippen LogP contribution in [0.25, 0.3) is 39.7 Å². The fourth-order valence-corrected chi connectivity index (χ4v) is 3.74. The van der Waals surface area contributed by atoms with Gasteiger partial charge in [-0.05, 0) is 47.4 Å². The molecule has 0 aliphatic heterocycles. The normalized spacial score (nSPS) is 11.9. The lowest BCUT2D eigenvalue weighted by atomic mass is 10.00. The van der Waals surface area contributed by atoms with Gasteiger partial charge >= 0.3 is 6.18 Å². The molecule has 0 fully saturated rings. The van der Waals surface area contributed by atoms with Crippen molar-refractivity contribution in [2.45, 2.75) is 25.9 Å². The number of rotatable bonds is 6. The molecule has 0 radical (unpaired) electrons. The van der Waals surface area contributed by atoms with Crippen LogP contribution >= 0.6 is 0 Å². The highest BCUT2D eigenvalue weighted by atomic mass is 19.4. The highest BCUT2D eigenvalue weighted by molar-refractivity contribution is 5.71. The number of hydrogen-bond acceptors (Lipinski definition) is 2. The lowest BCUT2D eigenvalue weighted by molar-refractivity contribution is -0.0790. The predicted octanol–water partition coefficient (Wildman–Crippen LogP) is 8.42. The lowest BCUT2D eigenvalue weighted by Crippen LogP contribution is -2.01. The summed E-state index contributed by atoms with van der Waals surface area (Å²) in [6, 6.07) is 13.6. The maximum atomic E-state index is 14.9. The van der Waals surface area contributed by atoms with Crippen LogP contribution in [0.1, 0.15) is 24.5 Å². The second-order valence-electron chi connectivity index (χ2n) is 8.17. The molecule has 0 amide bonds. The summed E-state index contributed by atoms with van der Waals surface area (Å²) in [6.45, 7) is 2.11. The highest BCUT2D eigenvalue weighted by Gasteiger charge is 2.23. The van der Waals surface area contributed by atoms with E-state index in [0.29, 0.717) is 11.6 Å². The van der Waals surface area contributed by atoms with Gasteiger partial charge in [-0.2, -0.15) is 13.2 Å². The van der Waals surface area contributed by atoms with Gasteiger partial charge in [-0.3, -0.25) is 0 Å². The molecule has 2 nitrogen and oxygen atoms in total. The summed E-state index contributed by atoms with van der Waals surface area (Å²) in [6.07, 6.45) is 0.614. The molecule has 4 rings (SSSR count). The largest absolute Gasteiger partial charge is 0.409 e. The van der Waals surface area contributed by atoms with Gasteiger partial charge < -0.3 is 0 Å². The molecule has 3 aromatic carbocycles. The van der Waals surface area contributed by atoms with E-state index in [1.54, 1.807) is 12.4 Å². The van der Waals surface area contributed by atoms with Crippen LogP contribution in [0, 0.1) is 17.5 Å². The van der Waals surface area contributed by atoms with E-state index in [0.717, 1.165) is 42.2 Å². The van der Waals surface area contributed by atoms with Crippen LogP contribution < -0.4 is 0 Å². The Labute approximate surface area is 204 Å². The van der Waals surface area contributed by atoms with Gasteiger partial charge in [0.05, 0.1) is 0 Å². The van der Waals surface area contributed by atoms with E-state index in [2.05, 4.69) is 16.9 Å². The minimum atomic E-state index is -4.72. The summed E-state index contributed by atoms with van der Waals surface area (Å²) >= 11 is 0. The second-order valence-corrected chi connectivity index (χ2v) is 8.17. The van der Waals surface area contributed by atoms with Gasteiger partial charge in [0.25, 0.3) is 0 Å². The molecule has 184 valence electrons. The van der Waals surface area contributed by atoms with Crippen LogP contribution in [0.4, 0.5) is 26.3 Å². The van der Waals surface area contributed by atoms with Crippen molar-refractivity contribution in [1.29, 1.82) is 0 Å². The third kappa shape index (κ3) is 5.82. The molecule has 8 heteroatoms. The number of aromatic nitrogens is 2. The Bertz CT molecular complexity index is 1370. The van der Waals surface area contributed by atoms with Crippen LogP contribution in [-0.4, -0.2) is 16.1 Å². The Morgan fingerprint density at radius 3 is 1.86 bits per heavy atom. The number of hydrogen-bond donors (Lipinski definition) is 0. The van der Waals surface area contributed by atoms with Gasteiger partial charge in [-0.25, -0.2) is 23.1 Å². The zero-order valence-corrected chi connectivity index (χ0v) is 19.1. The minimum Gasteiger partial charge on any atom is -0.236 e. The molecule has 0 spiro atoms. The zero-order chi connectivity index (χ0) is 25.9. The minimum absolute atomic E-state index is 0.119. The van der Waals surface area contributed by atoms with Crippen molar-refractivity contribution >= 4 is 6.08 Å². The summed E-state index contributed by atoms with van der Waals surface area (Å²) in [5.74, 6) is -3.01. The number of allylic oxidation sites excluding steroid dienone is 1. The van der Waals surface area contributed by atoms with Crippen LogP contribution in [-0.2, 0) is 6.42 Å². The summed E-state index contributed by atoms with van der Waals surface area (Å²) in [5, 5.41) is 0. The highest BCUT2D eigenvalue weighted by Crippen LogP contribution is 2.31. The third-order valence-electron chi connectivity index (χ3n) is 5.53. The Hall–Kier alpha value is -3.94. The molecule has 4 aromatic rings. The molecular formula is C28H20F6N2. The summed E-state index contributed by atoms with van der Waals surface area (Å²) in [5.41, 5.74) is 2.20. The van der Waals surface area contributed by atoms with Crippen molar-refractivity contribution in [1.82, 2.24) is 9.97 Å². The van der Waals surface area contributed by atoms with Gasteiger partial charge in [-0.15, -0.1) is 0 Å². The zero-order valence-electron chi connectivity index (χ0n) is 19.1. The molecule has 0 unspecified atom stereocenters. The monoisotopic (exact) mass is 498 g/mol. The first kappa shape index (κ1) is 25.2. The van der Waals surface area contributed by atoms with E-state index >= 15 is 0 Å². The van der Waals surface area contributed by atoms with Crippen LogP contribution in [0.2, 0.25) is 0 Å². The number of benzene rings is 3. The molecule has 1 aromatic heterocycles. The van der Waals surface area contributed by atoms with Gasteiger partial charge in [0.1, 0.15) is 17.5 Å². The van der Waals surface area contributed by atoms with Crippen LogP contribution in [0.15, 0.2) is 73.1 Å². The van der Waals surface area contributed by atoms with Crippen molar-refractivity contribution in [3.63, 3.8) is 0 Å². The molecular weight excluding hydrogens is 478 g/mol. The Morgan fingerprint density at radius 2 is 1.31 bits per heavy atom. The smallest absolute Gasteiger partial charge is 0.236 e. The Morgan fingerprint density at radius 1 is 0.722 bits per heavy atom. The first-order valence-corrected chi connectivity index (χ1v) is 11.1. The van der Waals surface area contributed by atoms with E-state index in [1.807, 2.05) is 24.3 Å². The molecule has 0 saturated carbocycles. The molecule has 0 bridgehead atoms. The van der Waals surface area contributed by atoms with E-state index in [-0.39, 0.29) is 23.0 Å². The van der Waals surface area contributed by atoms with Crippen LogP contribution in [0.5, 0.6) is 0 Å². The van der Waals surface area contributed by atoms with Gasteiger partial charge in [0, 0.05) is 40.7 Å². The summed E-state index contributed by atoms with van der Waals surface area (Å²) < 4.78 is 80.5. The molecule has 0 N–H and O–H groups in total. The van der Waals surface area contributed by atoms with Gasteiger partial charge in [0.15, 0.2) is 5.82 Å². The SMILES string of the molecule is CCCc1ccc(-c2cnc(-c3ccc(-c4cc(F)c(/C=C/C(F)(F)F)c(F)c4)c(F)c3)nc2)cc1.